The molecule has 1 aromatic rings. The van der Waals surface area contributed by atoms with Crippen molar-refractivity contribution in [2.45, 2.75) is 31.9 Å². The fourth-order valence-electron chi connectivity index (χ4n) is 3.54. The molecule has 1 aromatic carbocycles. The normalized spacial score (nSPS) is 21.5. The zero-order valence-corrected chi connectivity index (χ0v) is 17.3. The fourth-order valence-corrected chi connectivity index (χ4v) is 3.54. The van der Waals surface area contributed by atoms with E-state index in [1.165, 1.54) is 23.0 Å². The number of nitrogens with zero attached hydrogens (tertiary/aromatic N) is 3. The van der Waals surface area contributed by atoms with Crippen LogP contribution >= 0.6 is 0 Å². The van der Waals surface area contributed by atoms with Crippen LogP contribution in [0.1, 0.15) is 19.8 Å². The molecule has 10 nitrogen and oxygen atoms in total. The zero-order chi connectivity index (χ0) is 22.0. The number of cyclic esters (lactones) is 1. The second kappa shape index (κ2) is 8.96. The van der Waals surface area contributed by atoms with Crippen molar-refractivity contribution in [2.24, 2.45) is 0 Å². The number of hydroxylamine groups is 2. The van der Waals surface area contributed by atoms with E-state index < -0.39 is 18.0 Å². The first-order valence-corrected chi connectivity index (χ1v) is 10.4. The fraction of sp³-hybridized carbons (Fsp3) is 0.550. The van der Waals surface area contributed by atoms with Crippen LogP contribution in [0, 0.1) is 5.82 Å². The van der Waals surface area contributed by atoms with Crippen LogP contribution in [0.2, 0.25) is 0 Å². The van der Waals surface area contributed by atoms with Gasteiger partial charge < -0.3 is 20.3 Å². The van der Waals surface area contributed by atoms with Gasteiger partial charge in [-0.1, -0.05) is 0 Å². The molecule has 2 heterocycles. The summed E-state index contributed by atoms with van der Waals surface area (Å²) in [4.78, 5) is 44.0. The van der Waals surface area contributed by atoms with Crippen LogP contribution in [0.25, 0.3) is 0 Å². The Kier molecular flexibility index (Phi) is 6.12. The average molecular weight is 435 g/mol. The van der Waals surface area contributed by atoms with Gasteiger partial charge in [0.05, 0.1) is 37.6 Å². The first kappa shape index (κ1) is 21.2. The lowest BCUT2D eigenvalue weighted by molar-refractivity contribution is -0.119. The molecule has 2 aliphatic heterocycles. The summed E-state index contributed by atoms with van der Waals surface area (Å²) in [6.45, 7) is 3.21. The van der Waals surface area contributed by atoms with Crippen LogP contribution < -0.4 is 20.4 Å². The molecule has 3 aliphatic rings. The first-order chi connectivity index (χ1) is 14.9. The summed E-state index contributed by atoms with van der Waals surface area (Å²) in [5, 5.41) is 6.77. The Bertz CT molecular complexity index is 864. The van der Waals surface area contributed by atoms with Crippen molar-refractivity contribution in [3.63, 3.8) is 0 Å². The van der Waals surface area contributed by atoms with E-state index in [0.29, 0.717) is 31.0 Å². The van der Waals surface area contributed by atoms with E-state index in [0.717, 1.165) is 12.8 Å². The van der Waals surface area contributed by atoms with Gasteiger partial charge in [-0.05, 0) is 31.0 Å². The molecule has 4 rings (SSSR count). The molecular weight excluding hydrogens is 409 g/mol. The largest absolute Gasteiger partial charge is 0.442 e. The summed E-state index contributed by atoms with van der Waals surface area (Å²) in [6.07, 6.45) is 0.904. The number of carbonyl (C=O) groups is 3. The van der Waals surface area contributed by atoms with Crippen LogP contribution in [0.5, 0.6) is 0 Å². The zero-order valence-electron chi connectivity index (χ0n) is 17.3. The van der Waals surface area contributed by atoms with E-state index >= 15 is 0 Å². The Morgan fingerprint density at radius 1 is 1.23 bits per heavy atom. The Morgan fingerprint density at radius 3 is 2.74 bits per heavy atom. The standard InChI is InChI=1S/C20H26FN5O5/c1-13(27)22-11-16-12-25(20(29)31-16)15-4-5-18(17(21)10-15)24-6-7-26(30-9-8-24)19(28)23-14-2-3-14/h4-5,10,14,16H,2-3,6-9,11-12H2,1H3,(H,22,27)(H,23,28)/t16-/m0/s1. The van der Waals surface area contributed by atoms with Crippen LogP contribution in [-0.2, 0) is 14.4 Å². The van der Waals surface area contributed by atoms with Gasteiger partial charge in [-0.2, -0.15) is 0 Å². The van der Waals surface area contributed by atoms with Gasteiger partial charge in [-0.25, -0.2) is 19.0 Å². The van der Waals surface area contributed by atoms with E-state index in [1.54, 1.807) is 12.1 Å². The first-order valence-electron chi connectivity index (χ1n) is 10.4. The number of hydrogen-bond donors (Lipinski definition) is 2. The predicted molar refractivity (Wildman–Crippen MR) is 109 cm³/mol. The van der Waals surface area contributed by atoms with E-state index in [9.17, 15) is 18.8 Å². The number of hydrogen-bond acceptors (Lipinski definition) is 6. The maximum absolute atomic E-state index is 14.9. The van der Waals surface area contributed by atoms with Crippen molar-refractivity contribution in [2.75, 3.05) is 49.1 Å². The molecule has 168 valence electrons. The number of urea groups is 1. The predicted octanol–water partition coefficient (Wildman–Crippen LogP) is 1.21. The van der Waals surface area contributed by atoms with Crippen molar-refractivity contribution < 1.29 is 28.3 Å². The SMILES string of the molecule is CC(=O)NC[C@H]1CN(c2ccc(N3CCON(C(=O)NC4CC4)CC3)c(F)c2)C(=O)O1. The molecule has 0 radical (unpaired) electrons. The van der Waals surface area contributed by atoms with Crippen LogP contribution in [-0.4, -0.2) is 74.6 Å². The minimum atomic E-state index is -0.581. The van der Waals surface area contributed by atoms with E-state index in [-0.39, 0.29) is 37.7 Å². The third-order valence-corrected chi connectivity index (χ3v) is 5.35. The molecule has 1 atom stereocenters. The lowest BCUT2D eigenvalue weighted by Crippen LogP contribution is -2.42. The summed E-state index contributed by atoms with van der Waals surface area (Å²) < 4.78 is 20.2. The van der Waals surface area contributed by atoms with Gasteiger partial charge in [0.25, 0.3) is 0 Å². The molecule has 2 N–H and O–H groups in total. The van der Waals surface area contributed by atoms with Gasteiger partial charge in [0.1, 0.15) is 11.9 Å². The molecule has 0 spiro atoms. The van der Waals surface area contributed by atoms with E-state index in [1.807, 2.05) is 4.90 Å². The Hall–Kier alpha value is -3.08. The highest BCUT2D eigenvalue weighted by molar-refractivity contribution is 5.90. The number of ether oxygens (including phenoxy) is 1. The molecule has 1 aliphatic carbocycles. The number of amides is 4. The maximum atomic E-state index is 14.9. The molecule has 3 fully saturated rings. The topological polar surface area (TPSA) is 103 Å². The monoisotopic (exact) mass is 435 g/mol. The molecule has 4 amide bonds. The van der Waals surface area contributed by atoms with Crippen molar-refractivity contribution in [3.8, 4) is 0 Å². The number of anilines is 2. The van der Waals surface area contributed by atoms with Crippen molar-refractivity contribution >= 4 is 29.4 Å². The summed E-state index contributed by atoms with van der Waals surface area (Å²) in [6, 6.07) is 4.53. The highest BCUT2D eigenvalue weighted by Gasteiger charge is 2.33. The second-order valence-electron chi connectivity index (χ2n) is 7.84. The number of rotatable bonds is 5. The molecule has 0 unspecified atom stereocenters. The minimum absolute atomic E-state index is 0.205. The molecule has 31 heavy (non-hydrogen) atoms. The molecule has 0 aromatic heterocycles. The summed E-state index contributed by atoms with van der Waals surface area (Å²) >= 11 is 0. The summed E-state index contributed by atoms with van der Waals surface area (Å²) in [5.41, 5.74) is 0.757. The van der Waals surface area contributed by atoms with Crippen LogP contribution in [0.4, 0.5) is 25.4 Å². The van der Waals surface area contributed by atoms with E-state index in [2.05, 4.69) is 10.6 Å². The summed E-state index contributed by atoms with van der Waals surface area (Å²) in [5.74, 6) is -0.693. The molecule has 2 saturated heterocycles. The average Bonchev–Trinajstić information content (AvgIpc) is 3.50. The number of carbonyl (C=O) groups excluding carboxylic acids is 3. The lowest BCUT2D eigenvalue weighted by Gasteiger charge is -2.24. The van der Waals surface area contributed by atoms with Crippen molar-refractivity contribution in [1.29, 1.82) is 0 Å². The third-order valence-electron chi connectivity index (χ3n) is 5.35. The third kappa shape index (κ3) is 5.16. The van der Waals surface area contributed by atoms with Gasteiger partial charge in [0.2, 0.25) is 5.91 Å². The highest BCUT2D eigenvalue weighted by atomic mass is 19.1. The Labute approximate surface area is 179 Å². The highest BCUT2D eigenvalue weighted by Crippen LogP contribution is 2.28. The van der Waals surface area contributed by atoms with Crippen LogP contribution in [0.15, 0.2) is 18.2 Å². The smallest absolute Gasteiger partial charge is 0.414 e. The maximum Gasteiger partial charge on any atom is 0.414 e. The van der Waals surface area contributed by atoms with Crippen molar-refractivity contribution in [3.05, 3.63) is 24.0 Å². The summed E-state index contributed by atoms with van der Waals surface area (Å²) in [7, 11) is 0. The van der Waals surface area contributed by atoms with Gasteiger partial charge >= 0.3 is 12.1 Å². The number of halogens is 1. The number of nitrogens with one attached hydrogen (secondary N) is 2. The number of benzene rings is 1. The quantitative estimate of drug-likeness (QED) is 0.721. The van der Waals surface area contributed by atoms with Crippen molar-refractivity contribution in [1.82, 2.24) is 15.7 Å². The molecule has 0 bridgehead atoms. The van der Waals surface area contributed by atoms with Gasteiger partial charge in [0.15, 0.2) is 0 Å². The van der Waals surface area contributed by atoms with Crippen LogP contribution in [0.3, 0.4) is 0 Å². The van der Waals surface area contributed by atoms with Gasteiger partial charge in [-0.15, -0.1) is 0 Å². The Morgan fingerprint density at radius 2 is 2.03 bits per heavy atom. The molecular formula is C20H26FN5O5. The Balaban J connectivity index is 1.37. The van der Waals surface area contributed by atoms with Gasteiger partial charge in [-0.3, -0.25) is 14.5 Å². The molecule has 11 heteroatoms. The van der Waals surface area contributed by atoms with E-state index in [4.69, 9.17) is 9.57 Å². The molecule has 1 saturated carbocycles. The minimum Gasteiger partial charge on any atom is -0.442 e. The van der Waals surface area contributed by atoms with Gasteiger partial charge in [0, 0.05) is 26.1 Å². The second-order valence-corrected chi connectivity index (χ2v) is 7.84. The lowest BCUT2D eigenvalue weighted by atomic mass is 10.2.